The summed E-state index contributed by atoms with van der Waals surface area (Å²) < 4.78 is 0. The summed E-state index contributed by atoms with van der Waals surface area (Å²) in [5.74, 6) is 0.242. The molecule has 84 valence electrons. The second kappa shape index (κ2) is 13.3. The molecule has 0 N–H and O–H groups in total. The van der Waals surface area contributed by atoms with Crippen LogP contribution in [-0.4, -0.2) is 5.78 Å². The fourth-order valence-electron chi connectivity index (χ4n) is 0.862. The molecule has 1 nitrogen and oxygen atoms in total. The summed E-state index contributed by atoms with van der Waals surface area (Å²) >= 11 is 0. The summed E-state index contributed by atoms with van der Waals surface area (Å²) in [6.07, 6.45) is 16.3. The first kappa shape index (κ1) is 16.7. The molecule has 15 heavy (non-hydrogen) atoms. The molecule has 0 fully saturated rings. The smallest absolute Gasteiger partial charge is 0.140 e. The molecule has 0 radical (unpaired) electrons. The van der Waals surface area contributed by atoms with Crippen LogP contribution < -0.4 is 0 Å². The zero-order valence-corrected chi connectivity index (χ0v) is 11.0. The Morgan fingerprint density at radius 3 is 1.60 bits per heavy atom. The Hall–Kier alpha value is -0.747. The van der Waals surface area contributed by atoms with Crippen LogP contribution in [0.3, 0.4) is 0 Å². The molecule has 0 heterocycles. The molecular weight excluding hydrogens is 273 g/mol. The number of hydrogen-bond acceptors (Lipinski definition) is 1. The normalized spacial score (nSPS) is 11.9. The number of Topliss-reactive ketones (excluding diaryl/α,β-unsaturated/α-hetero) is 1. The molecule has 0 atom stereocenters. The zero-order valence-electron chi connectivity index (χ0n) is 9.29. The molecule has 0 aliphatic carbocycles. The fourth-order valence-corrected chi connectivity index (χ4v) is 0.862. The molecule has 0 aliphatic heterocycles. The molecule has 0 aromatic carbocycles. The monoisotopic (exact) mass is 292 g/mol. The molecule has 0 spiro atoms. The van der Waals surface area contributed by atoms with Crippen LogP contribution in [0, 0.1) is 0 Å². The van der Waals surface area contributed by atoms with Gasteiger partial charge in [-0.2, -0.15) is 0 Å². The summed E-state index contributed by atoms with van der Waals surface area (Å²) in [6, 6.07) is 0. The minimum atomic E-state index is 0. The summed E-state index contributed by atoms with van der Waals surface area (Å²) in [4.78, 5) is 11.2. The molecule has 0 aromatic heterocycles. The van der Waals surface area contributed by atoms with E-state index in [-0.39, 0.29) is 25.3 Å². The van der Waals surface area contributed by atoms with Gasteiger partial charge in [-0.05, 0) is 13.8 Å². The van der Waals surface area contributed by atoms with Crippen molar-refractivity contribution in [3.63, 3.8) is 0 Å². The van der Waals surface area contributed by atoms with Crippen molar-refractivity contribution in [2.45, 2.75) is 26.7 Å². The van der Waals surface area contributed by atoms with Gasteiger partial charge in [0.05, 0.1) is 0 Å². The van der Waals surface area contributed by atoms with Gasteiger partial charge in [0.25, 0.3) is 0 Å². The third kappa shape index (κ3) is 13.3. The number of rotatable bonds is 6. The number of allylic oxidation sites excluding steroid dienone is 8. The SMILES string of the molecule is CC=CC=CCC(=O)CC=CC=CC.[Ru]. The first-order valence-corrected chi connectivity index (χ1v) is 4.88. The van der Waals surface area contributed by atoms with Crippen molar-refractivity contribution in [3.05, 3.63) is 48.6 Å². The summed E-state index contributed by atoms with van der Waals surface area (Å²) in [5.41, 5.74) is 0. The Bertz CT molecular complexity index is 234. The minimum Gasteiger partial charge on any atom is -0.299 e. The average molecular weight is 291 g/mol. The van der Waals surface area contributed by atoms with Crippen LogP contribution in [-0.2, 0) is 24.3 Å². The van der Waals surface area contributed by atoms with Crippen molar-refractivity contribution in [2.24, 2.45) is 0 Å². The van der Waals surface area contributed by atoms with E-state index in [1.807, 2.05) is 62.5 Å². The van der Waals surface area contributed by atoms with Gasteiger partial charge in [-0.3, -0.25) is 4.79 Å². The Morgan fingerprint density at radius 1 is 0.867 bits per heavy atom. The van der Waals surface area contributed by atoms with E-state index in [9.17, 15) is 4.79 Å². The van der Waals surface area contributed by atoms with Crippen LogP contribution in [0.4, 0.5) is 0 Å². The molecule has 2 heteroatoms. The molecule has 0 saturated heterocycles. The summed E-state index contributed by atoms with van der Waals surface area (Å²) in [5, 5.41) is 0. The number of carbonyl (C=O) groups excluding carboxylic acids is 1. The molecule has 0 amide bonds. The predicted octanol–water partition coefficient (Wildman–Crippen LogP) is 3.60. The van der Waals surface area contributed by atoms with Gasteiger partial charge >= 0.3 is 0 Å². The van der Waals surface area contributed by atoms with Crippen LogP contribution in [0.15, 0.2) is 48.6 Å². The van der Waals surface area contributed by atoms with E-state index in [0.29, 0.717) is 12.8 Å². The van der Waals surface area contributed by atoms with Crippen LogP contribution in [0.5, 0.6) is 0 Å². The van der Waals surface area contributed by atoms with Gasteiger partial charge in [0.15, 0.2) is 0 Å². The Kier molecular flexibility index (Phi) is 14.7. The molecule has 0 rings (SSSR count). The minimum absolute atomic E-state index is 0. The van der Waals surface area contributed by atoms with E-state index < -0.39 is 0 Å². The molecule has 0 unspecified atom stereocenters. The maximum Gasteiger partial charge on any atom is 0.140 e. The van der Waals surface area contributed by atoms with Crippen molar-refractivity contribution in [1.29, 1.82) is 0 Å². The Morgan fingerprint density at radius 2 is 1.27 bits per heavy atom. The largest absolute Gasteiger partial charge is 0.299 e. The Balaban J connectivity index is 0. The van der Waals surface area contributed by atoms with E-state index in [1.165, 1.54) is 0 Å². The first-order chi connectivity index (χ1) is 6.81. The van der Waals surface area contributed by atoms with Crippen LogP contribution in [0.25, 0.3) is 0 Å². The van der Waals surface area contributed by atoms with Crippen molar-refractivity contribution < 1.29 is 24.3 Å². The number of hydrogen-bond donors (Lipinski definition) is 0. The molecular formula is C13H18ORu. The topological polar surface area (TPSA) is 17.1 Å². The van der Waals surface area contributed by atoms with Gasteiger partial charge in [-0.1, -0.05) is 48.6 Å². The quantitative estimate of drug-likeness (QED) is 0.540. The van der Waals surface area contributed by atoms with Gasteiger partial charge in [-0.15, -0.1) is 0 Å². The molecule has 0 aliphatic rings. The number of carbonyl (C=O) groups is 1. The second-order valence-corrected chi connectivity index (χ2v) is 2.85. The van der Waals surface area contributed by atoms with Crippen LogP contribution >= 0.6 is 0 Å². The predicted molar refractivity (Wildman–Crippen MR) is 62.1 cm³/mol. The average Bonchev–Trinajstić information content (AvgIpc) is 2.19. The summed E-state index contributed by atoms with van der Waals surface area (Å²) in [6.45, 7) is 3.90. The van der Waals surface area contributed by atoms with Crippen LogP contribution in [0.1, 0.15) is 26.7 Å². The van der Waals surface area contributed by atoms with Gasteiger partial charge in [-0.25, -0.2) is 0 Å². The van der Waals surface area contributed by atoms with Crippen LogP contribution in [0.2, 0.25) is 0 Å². The number of ketones is 1. The van der Waals surface area contributed by atoms with Gasteiger partial charge in [0.1, 0.15) is 5.78 Å². The van der Waals surface area contributed by atoms with Crippen molar-refractivity contribution >= 4 is 5.78 Å². The third-order valence-corrected chi connectivity index (χ3v) is 1.57. The van der Waals surface area contributed by atoms with Gasteiger partial charge in [0.2, 0.25) is 0 Å². The van der Waals surface area contributed by atoms with Gasteiger partial charge < -0.3 is 0 Å². The molecule has 0 bridgehead atoms. The van der Waals surface area contributed by atoms with E-state index in [4.69, 9.17) is 0 Å². The fraction of sp³-hybridized carbons (Fsp3) is 0.308. The van der Waals surface area contributed by atoms with E-state index in [1.54, 1.807) is 0 Å². The molecule has 0 saturated carbocycles. The Labute approximate surface area is 105 Å². The first-order valence-electron chi connectivity index (χ1n) is 4.88. The molecule has 0 aromatic rings. The van der Waals surface area contributed by atoms with E-state index >= 15 is 0 Å². The van der Waals surface area contributed by atoms with Crippen molar-refractivity contribution in [2.75, 3.05) is 0 Å². The van der Waals surface area contributed by atoms with E-state index in [2.05, 4.69) is 0 Å². The standard InChI is InChI=1S/C13H18O.Ru/c1-3-5-7-9-11-13(14)12-10-8-6-4-2;/h3-10H,11-12H2,1-2H3;. The van der Waals surface area contributed by atoms with E-state index in [0.717, 1.165) is 0 Å². The summed E-state index contributed by atoms with van der Waals surface area (Å²) in [7, 11) is 0. The third-order valence-electron chi connectivity index (χ3n) is 1.57. The maximum atomic E-state index is 11.2. The second-order valence-electron chi connectivity index (χ2n) is 2.85. The van der Waals surface area contributed by atoms with Gasteiger partial charge in [0, 0.05) is 32.3 Å². The van der Waals surface area contributed by atoms with Crippen molar-refractivity contribution in [1.82, 2.24) is 0 Å². The maximum absolute atomic E-state index is 11.2. The van der Waals surface area contributed by atoms with Crippen molar-refractivity contribution in [3.8, 4) is 0 Å². The zero-order chi connectivity index (χ0) is 10.6.